The summed E-state index contributed by atoms with van der Waals surface area (Å²) in [6.07, 6.45) is -4.22. The molecule has 0 aliphatic rings. The van der Waals surface area contributed by atoms with E-state index in [1.54, 1.807) is 24.3 Å². The summed E-state index contributed by atoms with van der Waals surface area (Å²) in [5.41, 5.74) is 3.36. The molecule has 0 amide bonds. The number of H-pyrrole nitrogens is 1. The molecule has 3 aromatic rings. The number of aromatic nitrogens is 1. The van der Waals surface area contributed by atoms with Crippen molar-refractivity contribution in [1.82, 2.24) is 4.98 Å². The molecule has 2 aromatic carbocycles. The van der Waals surface area contributed by atoms with Crippen molar-refractivity contribution in [1.29, 1.82) is 0 Å². The molecule has 1 aromatic heterocycles. The van der Waals surface area contributed by atoms with Gasteiger partial charge in [-0.2, -0.15) is 0 Å². The summed E-state index contributed by atoms with van der Waals surface area (Å²) in [6, 6.07) is 11.0. The van der Waals surface area contributed by atoms with Gasteiger partial charge in [0.2, 0.25) is 0 Å². The van der Waals surface area contributed by atoms with Crippen LogP contribution in [0.2, 0.25) is 0 Å². The van der Waals surface area contributed by atoms with Gasteiger partial charge in [-0.1, -0.05) is 12.1 Å². The van der Waals surface area contributed by atoms with Crippen LogP contribution in [-0.2, 0) is 6.42 Å². The number of benzene rings is 2. The van der Waals surface area contributed by atoms with Crippen molar-refractivity contribution in [2.45, 2.75) is 19.7 Å². The molecule has 120 valence electrons. The zero-order valence-corrected chi connectivity index (χ0v) is 12.2. The molecule has 0 aliphatic carbocycles. The minimum atomic E-state index is -4.72. The number of hydrogen-bond donors (Lipinski definition) is 2. The molecule has 0 bridgehead atoms. The second-order valence-corrected chi connectivity index (χ2v) is 5.33. The molecule has 0 unspecified atom stereocenters. The Kier molecular flexibility index (Phi) is 3.67. The third kappa shape index (κ3) is 3.41. The number of alkyl halides is 3. The number of halogens is 3. The van der Waals surface area contributed by atoms with E-state index in [1.165, 1.54) is 12.1 Å². The van der Waals surface area contributed by atoms with Crippen molar-refractivity contribution in [2.24, 2.45) is 0 Å². The van der Waals surface area contributed by atoms with E-state index in [-0.39, 0.29) is 11.5 Å². The maximum absolute atomic E-state index is 12.4. The number of aromatic hydroxyl groups is 1. The van der Waals surface area contributed by atoms with Crippen LogP contribution in [0.1, 0.15) is 16.8 Å². The first kappa shape index (κ1) is 15.3. The molecule has 6 heteroatoms. The Morgan fingerprint density at radius 1 is 1.13 bits per heavy atom. The zero-order chi connectivity index (χ0) is 16.6. The normalized spacial score (nSPS) is 11.8. The van der Waals surface area contributed by atoms with Crippen molar-refractivity contribution >= 4 is 10.9 Å². The predicted molar refractivity (Wildman–Crippen MR) is 80.6 cm³/mol. The number of nitrogens with one attached hydrogen (secondary N) is 1. The van der Waals surface area contributed by atoms with Gasteiger partial charge in [-0.15, -0.1) is 13.2 Å². The van der Waals surface area contributed by atoms with Gasteiger partial charge in [0.25, 0.3) is 0 Å². The third-order valence-corrected chi connectivity index (χ3v) is 3.62. The number of phenolic OH excluding ortho intramolecular Hbond substituents is 1. The molecule has 3 rings (SSSR count). The molecule has 23 heavy (non-hydrogen) atoms. The fourth-order valence-corrected chi connectivity index (χ4v) is 2.66. The molecule has 0 saturated heterocycles. The number of hydrogen-bond acceptors (Lipinski definition) is 2. The van der Waals surface area contributed by atoms with Crippen LogP contribution in [0.4, 0.5) is 13.2 Å². The Morgan fingerprint density at radius 3 is 2.61 bits per heavy atom. The largest absolute Gasteiger partial charge is 0.573 e. The minimum Gasteiger partial charge on any atom is -0.508 e. The van der Waals surface area contributed by atoms with Gasteiger partial charge < -0.3 is 14.8 Å². The molecule has 0 saturated carbocycles. The van der Waals surface area contributed by atoms with Crippen molar-refractivity contribution in [2.75, 3.05) is 0 Å². The Hall–Kier alpha value is -2.63. The lowest BCUT2D eigenvalue weighted by molar-refractivity contribution is -0.274. The van der Waals surface area contributed by atoms with Crippen LogP contribution in [-0.4, -0.2) is 16.5 Å². The number of rotatable bonds is 3. The van der Waals surface area contributed by atoms with Gasteiger partial charge in [-0.3, -0.25) is 0 Å². The lowest BCUT2D eigenvalue weighted by Gasteiger charge is -2.09. The summed E-state index contributed by atoms with van der Waals surface area (Å²) < 4.78 is 41.1. The fourth-order valence-electron chi connectivity index (χ4n) is 2.66. The summed E-state index contributed by atoms with van der Waals surface area (Å²) in [7, 11) is 0. The van der Waals surface area contributed by atoms with Crippen molar-refractivity contribution < 1.29 is 23.0 Å². The van der Waals surface area contributed by atoms with Crippen LogP contribution in [0.5, 0.6) is 11.5 Å². The fraction of sp³-hybridized carbons (Fsp3) is 0.176. The first-order valence-corrected chi connectivity index (χ1v) is 6.97. The molecule has 0 aliphatic heterocycles. The maximum atomic E-state index is 12.4. The van der Waals surface area contributed by atoms with E-state index in [9.17, 15) is 18.3 Å². The van der Waals surface area contributed by atoms with Gasteiger partial charge in [0.1, 0.15) is 11.5 Å². The minimum absolute atomic E-state index is 0.154. The van der Waals surface area contributed by atoms with Crippen molar-refractivity contribution in [3.05, 3.63) is 59.3 Å². The number of phenols is 1. The molecule has 2 N–H and O–H groups in total. The highest BCUT2D eigenvalue weighted by molar-refractivity contribution is 5.86. The van der Waals surface area contributed by atoms with Gasteiger partial charge in [-0.25, -0.2) is 0 Å². The lowest BCUT2D eigenvalue weighted by Crippen LogP contribution is -2.16. The van der Waals surface area contributed by atoms with Gasteiger partial charge >= 0.3 is 6.36 Å². The van der Waals surface area contributed by atoms with Crippen molar-refractivity contribution in [3.8, 4) is 11.5 Å². The maximum Gasteiger partial charge on any atom is 0.573 e. The topological polar surface area (TPSA) is 45.2 Å². The second kappa shape index (κ2) is 5.53. The number of ether oxygens (including phenoxy) is 1. The molecule has 0 radical (unpaired) electrons. The van der Waals surface area contributed by atoms with Crippen LogP contribution in [0, 0.1) is 6.92 Å². The molecular weight excluding hydrogens is 307 g/mol. The number of aryl methyl sites for hydroxylation is 1. The molecule has 0 spiro atoms. The summed E-state index contributed by atoms with van der Waals surface area (Å²) in [5, 5.41) is 10.2. The highest BCUT2D eigenvalue weighted by atomic mass is 19.4. The Morgan fingerprint density at radius 2 is 1.91 bits per heavy atom. The van der Waals surface area contributed by atoms with Crippen LogP contribution >= 0.6 is 0 Å². The summed E-state index contributed by atoms with van der Waals surface area (Å²) in [6.45, 7) is 1.86. The lowest BCUT2D eigenvalue weighted by atomic mass is 10.0. The summed E-state index contributed by atoms with van der Waals surface area (Å²) >= 11 is 0. The van der Waals surface area contributed by atoms with Gasteiger partial charge in [-0.05, 0) is 54.8 Å². The van der Waals surface area contributed by atoms with E-state index in [0.717, 1.165) is 22.3 Å². The molecule has 0 atom stereocenters. The SMILES string of the molecule is Cc1[nH]c2ccc(OC(F)(F)F)cc2c1Cc1cccc(O)c1. The van der Waals surface area contributed by atoms with E-state index in [4.69, 9.17) is 0 Å². The smallest absolute Gasteiger partial charge is 0.508 e. The highest BCUT2D eigenvalue weighted by Crippen LogP contribution is 2.31. The van der Waals surface area contributed by atoms with Gasteiger partial charge in [0, 0.05) is 16.6 Å². The first-order chi connectivity index (χ1) is 10.8. The van der Waals surface area contributed by atoms with Crippen LogP contribution in [0.25, 0.3) is 10.9 Å². The van der Waals surface area contributed by atoms with Gasteiger partial charge in [0.05, 0.1) is 0 Å². The summed E-state index contributed by atoms with van der Waals surface area (Å²) in [5.74, 6) is -0.0951. The molecule has 3 nitrogen and oxygen atoms in total. The van der Waals surface area contributed by atoms with E-state index < -0.39 is 6.36 Å². The Labute approximate surface area is 130 Å². The first-order valence-electron chi connectivity index (χ1n) is 6.97. The number of aromatic amines is 1. The van der Waals surface area contributed by atoms with E-state index in [1.807, 2.05) is 13.0 Å². The quantitative estimate of drug-likeness (QED) is 0.736. The third-order valence-electron chi connectivity index (χ3n) is 3.62. The zero-order valence-electron chi connectivity index (χ0n) is 12.2. The molecule has 0 fully saturated rings. The van der Waals surface area contributed by atoms with Crippen LogP contribution < -0.4 is 4.74 Å². The highest BCUT2D eigenvalue weighted by Gasteiger charge is 2.31. The second-order valence-electron chi connectivity index (χ2n) is 5.33. The van der Waals surface area contributed by atoms with Crippen molar-refractivity contribution in [3.63, 3.8) is 0 Å². The van der Waals surface area contributed by atoms with Crippen LogP contribution in [0.3, 0.4) is 0 Å². The number of fused-ring (bicyclic) bond motifs is 1. The average molecular weight is 321 g/mol. The molecule has 1 heterocycles. The Balaban J connectivity index is 2.01. The average Bonchev–Trinajstić information content (AvgIpc) is 2.73. The molecular formula is C17H14F3NO2. The standard InChI is InChI=1S/C17H14F3NO2/c1-10-14(8-11-3-2-4-12(22)7-11)15-9-13(23-17(18,19)20)5-6-16(15)21-10/h2-7,9,21-22H,8H2,1H3. The Bertz CT molecular complexity index is 853. The van der Waals surface area contributed by atoms with E-state index in [2.05, 4.69) is 9.72 Å². The summed E-state index contributed by atoms with van der Waals surface area (Å²) in [4.78, 5) is 3.15. The monoisotopic (exact) mass is 321 g/mol. The van der Waals surface area contributed by atoms with Gasteiger partial charge in [0.15, 0.2) is 0 Å². The van der Waals surface area contributed by atoms with Crippen LogP contribution in [0.15, 0.2) is 42.5 Å². The predicted octanol–water partition coefficient (Wildman–Crippen LogP) is 4.67. The van der Waals surface area contributed by atoms with E-state index in [0.29, 0.717) is 11.8 Å². The van der Waals surface area contributed by atoms with E-state index >= 15 is 0 Å².